The van der Waals surface area contributed by atoms with Crippen LogP contribution < -0.4 is 0 Å². The summed E-state index contributed by atoms with van der Waals surface area (Å²) >= 11 is 0. The van der Waals surface area contributed by atoms with Gasteiger partial charge in [-0.25, -0.2) is 4.57 Å². The van der Waals surface area contributed by atoms with Gasteiger partial charge in [0.05, 0.1) is 19.8 Å². The van der Waals surface area contributed by atoms with Crippen molar-refractivity contribution in [2.75, 3.05) is 26.4 Å². The Morgan fingerprint density at radius 2 is 0.650 bits per heavy atom. The van der Waals surface area contributed by atoms with Gasteiger partial charge in [0.25, 0.3) is 0 Å². The Morgan fingerprint density at radius 3 is 1.01 bits per heavy atom. The fraction of sp³-hybridized carbons (Fsp3) is 0.809. The third-order valence-electron chi connectivity index (χ3n) is 14.4. The molecule has 0 bridgehead atoms. The van der Waals surface area contributed by atoms with Crippen LogP contribution in [0.1, 0.15) is 316 Å². The van der Waals surface area contributed by atoms with Crippen molar-refractivity contribution in [3.05, 3.63) is 60.8 Å². The monoisotopic (exact) mass is 1150 g/mol. The molecule has 12 heteroatoms. The van der Waals surface area contributed by atoms with Gasteiger partial charge in [-0.05, 0) is 83.5 Å². The molecule has 0 saturated carbocycles. The second-order valence-electron chi connectivity index (χ2n) is 22.3. The first-order chi connectivity index (χ1) is 39.2. The molecular weight excluding hydrogens is 1020 g/mol. The molecule has 3 unspecified atom stereocenters. The molecule has 0 heterocycles. The molecule has 0 aliphatic carbocycles. The lowest BCUT2D eigenvalue weighted by atomic mass is 10.0. The standard InChI is InChI=1S/C68H123O11P/c1-4-7-10-13-16-19-22-25-28-30-32-34-37-39-42-45-48-51-54-57-66(70)75-61-65(79-68(72)59-56-53-50-47-44-41-38-35-33-31-29-26-23-20-17-14-11-8-5-2)63-77-80(73,74)76-62-64(60-69)78-67(71)58-55-52-49-46-43-40-36-27-24-21-18-15-12-9-6-3/h7,10,16,19,25,27-28,32,34,36,64-65,69H,4-6,8-9,11-15,17-18,20-24,26,29-31,33,35,37-63H2,1-3H3,(H,73,74)/b10-7-,19-16-,28-25-,34-32-,36-27-. The normalized spacial score (nSPS) is 13.6. The third kappa shape index (κ3) is 59.8. The lowest BCUT2D eigenvalue weighted by molar-refractivity contribution is -0.161. The van der Waals surface area contributed by atoms with Gasteiger partial charge in [0, 0.05) is 19.3 Å². The molecule has 466 valence electrons. The number of esters is 3. The second-order valence-corrected chi connectivity index (χ2v) is 23.7. The Kier molecular flexibility index (Phi) is 60.0. The summed E-state index contributed by atoms with van der Waals surface area (Å²) < 4.78 is 39.7. The lowest BCUT2D eigenvalue weighted by Gasteiger charge is -2.21. The molecule has 0 aromatic carbocycles. The molecule has 0 spiro atoms. The zero-order chi connectivity index (χ0) is 58.3. The molecule has 0 aromatic rings. The zero-order valence-corrected chi connectivity index (χ0v) is 52.7. The molecule has 0 aliphatic heterocycles. The predicted octanol–water partition coefficient (Wildman–Crippen LogP) is 20.3. The summed E-state index contributed by atoms with van der Waals surface area (Å²) in [6.07, 6.45) is 70.3. The maximum atomic E-state index is 13.0. The van der Waals surface area contributed by atoms with Crippen molar-refractivity contribution in [3.63, 3.8) is 0 Å². The number of rotatable bonds is 62. The molecule has 2 N–H and O–H groups in total. The van der Waals surface area contributed by atoms with Crippen LogP contribution >= 0.6 is 7.82 Å². The van der Waals surface area contributed by atoms with Crippen LogP contribution in [0.4, 0.5) is 0 Å². The average molecular weight is 1150 g/mol. The SMILES string of the molecule is CC/C=C\C/C=C\C/C=C\C/C=C\CCCCCCCCC(=O)OCC(COP(=O)(O)OCC(CO)OC(=O)CCCCCCC/C=C\CCCCCCCC)OC(=O)CCCCCCCCCCCCCCCCCCCCC. The van der Waals surface area contributed by atoms with Gasteiger partial charge in [-0.1, -0.05) is 274 Å². The third-order valence-corrected chi connectivity index (χ3v) is 15.4. The summed E-state index contributed by atoms with van der Waals surface area (Å²) in [5, 5.41) is 9.85. The van der Waals surface area contributed by atoms with Crippen LogP contribution in [0.2, 0.25) is 0 Å². The van der Waals surface area contributed by atoms with Gasteiger partial charge in [0.2, 0.25) is 0 Å². The number of carbonyl (C=O) groups is 3. The highest BCUT2D eigenvalue weighted by Gasteiger charge is 2.28. The summed E-state index contributed by atoms with van der Waals surface area (Å²) in [5.41, 5.74) is 0. The van der Waals surface area contributed by atoms with Gasteiger partial charge in [0.1, 0.15) is 12.7 Å². The Balaban J connectivity index is 4.70. The van der Waals surface area contributed by atoms with Crippen LogP contribution in [0, 0.1) is 0 Å². The smallest absolute Gasteiger partial charge is 0.462 e. The van der Waals surface area contributed by atoms with E-state index in [0.29, 0.717) is 19.3 Å². The van der Waals surface area contributed by atoms with Gasteiger partial charge < -0.3 is 24.2 Å². The minimum atomic E-state index is -4.76. The maximum absolute atomic E-state index is 13.0. The van der Waals surface area contributed by atoms with Crippen molar-refractivity contribution in [1.82, 2.24) is 0 Å². The molecule has 0 aliphatic rings. The van der Waals surface area contributed by atoms with E-state index in [1.165, 1.54) is 135 Å². The number of aliphatic hydroxyl groups excluding tert-OH is 1. The molecule has 0 radical (unpaired) electrons. The van der Waals surface area contributed by atoms with Crippen LogP contribution in [-0.2, 0) is 42.2 Å². The summed E-state index contributed by atoms with van der Waals surface area (Å²) in [5.74, 6) is -1.47. The topological polar surface area (TPSA) is 155 Å². The van der Waals surface area contributed by atoms with Crippen LogP contribution in [-0.4, -0.2) is 66.5 Å². The number of unbranched alkanes of at least 4 members (excludes halogenated alkanes) is 35. The zero-order valence-electron chi connectivity index (χ0n) is 51.8. The second kappa shape index (κ2) is 62.2. The van der Waals surface area contributed by atoms with E-state index >= 15 is 0 Å². The van der Waals surface area contributed by atoms with Gasteiger partial charge in [-0.3, -0.25) is 23.4 Å². The molecule has 11 nitrogen and oxygen atoms in total. The van der Waals surface area contributed by atoms with Crippen molar-refractivity contribution in [3.8, 4) is 0 Å². The molecule has 0 rings (SSSR count). The number of hydrogen-bond donors (Lipinski definition) is 2. The fourth-order valence-electron chi connectivity index (χ4n) is 9.40. The molecule has 0 aromatic heterocycles. The van der Waals surface area contributed by atoms with E-state index in [4.69, 9.17) is 23.3 Å². The molecule has 80 heavy (non-hydrogen) atoms. The average Bonchev–Trinajstić information content (AvgIpc) is 3.45. The first-order valence-corrected chi connectivity index (χ1v) is 34.7. The predicted molar refractivity (Wildman–Crippen MR) is 335 cm³/mol. The van der Waals surface area contributed by atoms with E-state index in [2.05, 4.69) is 81.5 Å². The van der Waals surface area contributed by atoms with Crippen molar-refractivity contribution in [2.45, 2.75) is 328 Å². The van der Waals surface area contributed by atoms with Crippen LogP contribution in [0.15, 0.2) is 60.8 Å². The molecule has 0 saturated heterocycles. The molecular formula is C68H123O11P. The highest BCUT2D eigenvalue weighted by molar-refractivity contribution is 7.47. The number of carbonyl (C=O) groups excluding carboxylic acids is 3. The molecule has 0 fully saturated rings. The summed E-state index contributed by atoms with van der Waals surface area (Å²) in [6.45, 7) is 4.57. The summed E-state index contributed by atoms with van der Waals surface area (Å²) in [6, 6.07) is 0. The Hall–Kier alpha value is -2.82. The van der Waals surface area contributed by atoms with Crippen LogP contribution in [0.3, 0.4) is 0 Å². The minimum absolute atomic E-state index is 0.167. The van der Waals surface area contributed by atoms with Crippen LogP contribution in [0.5, 0.6) is 0 Å². The number of phosphoric ester groups is 1. The van der Waals surface area contributed by atoms with E-state index in [1.54, 1.807) is 0 Å². The quantitative estimate of drug-likeness (QED) is 0.0197. The van der Waals surface area contributed by atoms with Gasteiger partial charge in [-0.2, -0.15) is 0 Å². The molecule has 3 atom stereocenters. The Bertz CT molecular complexity index is 1570. The van der Waals surface area contributed by atoms with E-state index < -0.39 is 57.8 Å². The summed E-state index contributed by atoms with van der Waals surface area (Å²) in [4.78, 5) is 48.8. The first kappa shape index (κ1) is 77.2. The van der Waals surface area contributed by atoms with E-state index in [-0.39, 0.29) is 25.9 Å². The van der Waals surface area contributed by atoms with E-state index in [1.807, 2.05) is 0 Å². The van der Waals surface area contributed by atoms with Crippen LogP contribution in [0.25, 0.3) is 0 Å². The van der Waals surface area contributed by atoms with E-state index in [0.717, 1.165) is 122 Å². The first-order valence-electron chi connectivity index (χ1n) is 33.2. The largest absolute Gasteiger partial charge is 0.472 e. The lowest BCUT2D eigenvalue weighted by Crippen LogP contribution is -2.30. The highest BCUT2D eigenvalue weighted by Crippen LogP contribution is 2.43. The Morgan fingerprint density at radius 1 is 0.362 bits per heavy atom. The minimum Gasteiger partial charge on any atom is -0.462 e. The van der Waals surface area contributed by atoms with E-state index in [9.17, 15) is 28.9 Å². The maximum Gasteiger partial charge on any atom is 0.472 e. The van der Waals surface area contributed by atoms with Crippen molar-refractivity contribution >= 4 is 25.7 Å². The van der Waals surface area contributed by atoms with Gasteiger partial charge in [0.15, 0.2) is 6.10 Å². The number of ether oxygens (including phenoxy) is 3. The van der Waals surface area contributed by atoms with Crippen molar-refractivity contribution in [2.24, 2.45) is 0 Å². The number of hydrogen-bond acceptors (Lipinski definition) is 10. The van der Waals surface area contributed by atoms with Crippen molar-refractivity contribution < 1.29 is 52.2 Å². The highest BCUT2D eigenvalue weighted by atomic mass is 31.2. The molecule has 0 amide bonds. The van der Waals surface area contributed by atoms with Crippen molar-refractivity contribution in [1.29, 1.82) is 0 Å². The number of allylic oxidation sites excluding steroid dienone is 10. The summed E-state index contributed by atoms with van der Waals surface area (Å²) in [7, 11) is -4.76. The Labute approximate surface area is 491 Å². The van der Waals surface area contributed by atoms with Gasteiger partial charge >= 0.3 is 25.7 Å². The number of aliphatic hydroxyl groups is 1. The van der Waals surface area contributed by atoms with Gasteiger partial charge in [-0.15, -0.1) is 0 Å². The number of phosphoric acid groups is 1. The fourth-order valence-corrected chi connectivity index (χ4v) is 10.2.